The number of para-hydroxylation sites is 1. The smallest absolute Gasteiger partial charge is 0.318 e. The van der Waals surface area contributed by atoms with E-state index in [1.807, 2.05) is 42.2 Å². The first kappa shape index (κ1) is 16.0. The van der Waals surface area contributed by atoms with E-state index in [-0.39, 0.29) is 17.7 Å². The molecule has 0 bridgehead atoms. The molecule has 2 aromatic rings. The first-order chi connectivity index (χ1) is 12.2. The molecule has 1 aromatic carbocycles. The Balaban J connectivity index is 1.45. The van der Waals surface area contributed by atoms with E-state index >= 15 is 0 Å². The largest absolute Gasteiger partial charge is 0.371 e. The summed E-state index contributed by atoms with van der Waals surface area (Å²) in [5.74, 6) is 0.603. The quantitative estimate of drug-likeness (QED) is 0.917. The molecule has 1 aromatic heterocycles. The van der Waals surface area contributed by atoms with Crippen molar-refractivity contribution in [3.8, 4) is 5.69 Å². The molecule has 1 unspecified atom stereocenters. The van der Waals surface area contributed by atoms with E-state index in [1.165, 1.54) is 6.42 Å². The average molecular weight is 342 g/mol. The third-order valence-corrected chi connectivity index (χ3v) is 5.02. The number of morpholine rings is 1. The molecule has 2 aliphatic rings. The molecule has 1 aliphatic carbocycles. The van der Waals surface area contributed by atoms with Gasteiger partial charge in [0.2, 0.25) is 0 Å². The topological polar surface area (TPSA) is 85.2 Å². The molecule has 1 N–H and O–H groups in total. The van der Waals surface area contributed by atoms with E-state index in [1.54, 1.807) is 4.68 Å². The van der Waals surface area contributed by atoms with E-state index in [4.69, 9.17) is 4.74 Å². The van der Waals surface area contributed by atoms with Crippen LogP contribution in [0.5, 0.6) is 0 Å². The van der Waals surface area contributed by atoms with Crippen LogP contribution in [0.15, 0.2) is 30.3 Å². The van der Waals surface area contributed by atoms with Gasteiger partial charge in [-0.15, -0.1) is 5.10 Å². The third kappa shape index (κ3) is 3.09. The predicted molar refractivity (Wildman–Crippen MR) is 90.2 cm³/mol. The summed E-state index contributed by atoms with van der Waals surface area (Å²) in [6.07, 6.45) is 3.26. The van der Waals surface area contributed by atoms with Crippen LogP contribution in [0, 0.1) is 0 Å². The lowest BCUT2D eigenvalue weighted by atomic mass is 9.79. The van der Waals surface area contributed by atoms with Crippen molar-refractivity contribution in [1.29, 1.82) is 0 Å². The van der Waals surface area contributed by atoms with Crippen LogP contribution < -0.4 is 5.32 Å². The molecule has 1 spiro atoms. The monoisotopic (exact) mass is 342 g/mol. The molecular weight excluding hydrogens is 320 g/mol. The predicted octanol–water partition coefficient (Wildman–Crippen LogP) is 1.69. The number of ether oxygens (including phenoxy) is 1. The highest BCUT2D eigenvalue weighted by molar-refractivity contribution is 5.74. The molecule has 1 aliphatic heterocycles. The number of aromatic nitrogens is 4. The minimum absolute atomic E-state index is 0.0929. The molecule has 2 fully saturated rings. The van der Waals surface area contributed by atoms with Crippen LogP contribution in [-0.4, -0.2) is 56.4 Å². The Morgan fingerprint density at radius 3 is 2.84 bits per heavy atom. The van der Waals surface area contributed by atoms with E-state index in [0.717, 1.165) is 18.5 Å². The molecule has 8 heteroatoms. The SMILES string of the molecule is CC(NC(=O)N1CCOC2(CCC2)C1)c1nnnn1-c1ccccc1. The Labute approximate surface area is 146 Å². The van der Waals surface area contributed by atoms with Gasteiger partial charge >= 0.3 is 6.03 Å². The van der Waals surface area contributed by atoms with Gasteiger partial charge in [0.05, 0.1) is 30.5 Å². The van der Waals surface area contributed by atoms with Gasteiger partial charge in [0.1, 0.15) is 0 Å². The van der Waals surface area contributed by atoms with Crippen molar-refractivity contribution >= 4 is 6.03 Å². The van der Waals surface area contributed by atoms with Gasteiger partial charge < -0.3 is 15.0 Å². The number of rotatable bonds is 3. The number of tetrazole rings is 1. The van der Waals surface area contributed by atoms with E-state index in [0.29, 0.717) is 25.5 Å². The van der Waals surface area contributed by atoms with Crippen molar-refractivity contribution in [3.63, 3.8) is 0 Å². The zero-order valence-electron chi connectivity index (χ0n) is 14.3. The second-order valence-electron chi connectivity index (χ2n) is 6.76. The molecule has 1 atom stereocenters. The van der Waals surface area contributed by atoms with E-state index < -0.39 is 0 Å². The van der Waals surface area contributed by atoms with Crippen LogP contribution in [-0.2, 0) is 4.74 Å². The van der Waals surface area contributed by atoms with Crippen LogP contribution in [0.3, 0.4) is 0 Å². The highest BCUT2D eigenvalue weighted by Gasteiger charge is 2.43. The number of carbonyl (C=O) groups excluding carboxylic acids is 1. The van der Waals surface area contributed by atoms with E-state index in [2.05, 4.69) is 20.8 Å². The first-order valence-electron chi connectivity index (χ1n) is 8.70. The van der Waals surface area contributed by atoms with Crippen molar-refractivity contribution < 1.29 is 9.53 Å². The number of hydrogen-bond donors (Lipinski definition) is 1. The summed E-state index contributed by atoms with van der Waals surface area (Å²) in [5, 5.41) is 14.9. The molecule has 2 amide bonds. The summed E-state index contributed by atoms with van der Waals surface area (Å²) in [5.41, 5.74) is 0.758. The summed E-state index contributed by atoms with van der Waals surface area (Å²) < 4.78 is 7.53. The van der Waals surface area contributed by atoms with Gasteiger partial charge in [-0.3, -0.25) is 0 Å². The number of amides is 2. The van der Waals surface area contributed by atoms with Gasteiger partial charge in [0, 0.05) is 6.54 Å². The number of benzene rings is 1. The minimum Gasteiger partial charge on any atom is -0.371 e. The Bertz CT molecular complexity index is 743. The van der Waals surface area contributed by atoms with Crippen molar-refractivity contribution in [2.24, 2.45) is 0 Å². The number of urea groups is 1. The molecular formula is C17H22N6O2. The lowest BCUT2D eigenvalue weighted by Crippen LogP contribution is -2.58. The summed E-state index contributed by atoms with van der Waals surface area (Å²) in [4.78, 5) is 14.5. The second-order valence-corrected chi connectivity index (χ2v) is 6.76. The Kier molecular flexibility index (Phi) is 4.12. The van der Waals surface area contributed by atoms with Crippen LogP contribution in [0.1, 0.15) is 38.1 Å². The van der Waals surface area contributed by atoms with Gasteiger partial charge in [0.15, 0.2) is 5.82 Å². The average Bonchev–Trinajstić information content (AvgIpc) is 3.11. The number of hydrogen-bond acceptors (Lipinski definition) is 5. The molecule has 8 nitrogen and oxygen atoms in total. The Hall–Kier alpha value is -2.48. The third-order valence-electron chi connectivity index (χ3n) is 5.02. The first-order valence-corrected chi connectivity index (χ1v) is 8.70. The molecule has 25 heavy (non-hydrogen) atoms. The molecule has 1 saturated heterocycles. The van der Waals surface area contributed by atoms with Crippen LogP contribution in [0.4, 0.5) is 4.79 Å². The standard InChI is InChI=1S/C17H22N6O2/c1-13(15-19-20-21-23(15)14-6-3-2-4-7-14)18-16(24)22-10-11-25-17(12-22)8-5-9-17/h2-4,6-7,13H,5,8-12H2,1H3,(H,18,24). The fraction of sp³-hybridized carbons (Fsp3) is 0.529. The summed E-state index contributed by atoms with van der Waals surface area (Å²) >= 11 is 0. The molecule has 2 heterocycles. The van der Waals surface area contributed by atoms with Crippen molar-refractivity contribution in [1.82, 2.24) is 30.4 Å². The molecule has 132 valence electrons. The van der Waals surface area contributed by atoms with Gasteiger partial charge in [0.25, 0.3) is 0 Å². The van der Waals surface area contributed by atoms with Crippen molar-refractivity contribution in [3.05, 3.63) is 36.2 Å². The summed E-state index contributed by atoms with van der Waals surface area (Å²) in [6.45, 7) is 3.77. The minimum atomic E-state index is -0.303. The van der Waals surface area contributed by atoms with E-state index in [9.17, 15) is 4.79 Å². The molecule has 0 radical (unpaired) electrons. The van der Waals surface area contributed by atoms with Crippen LogP contribution in [0.2, 0.25) is 0 Å². The normalized spacial score (nSPS) is 20.1. The highest BCUT2D eigenvalue weighted by Crippen LogP contribution is 2.38. The van der Waals surface area contributed by atoms with Gasteiger partial charge in [-0.2, -0.15) is 4.68 Å². The lowest BCUT2D eigenvalue weighted by molar-refractivity contribution is -0.141. The fourth-order valence-corrected chi connectivity index (χ4v) is 3.45. The summed E-state index contributed by atoms with van der Waals surface area (Å²) in [6, 6.07) is 9.25. The second kappa shape index (κ2) is 6.44. The maximum absolute atomic E-state index is 12.7. The lowest BCUT2D eigenvalue weighted by Gasteiger charge is -2.48. The Morgan fingerprint density at radius 1 is 1.32 bits per heavy atom. The Morgan fingerprint density at radius 2 is 2.12 bits per heavy atom. The fourth-order valence-electron chi connectivity index (χ4n) is 3.45. The van der Waals surface area contributed by atoms with Crippen molar-refractivity contribution in [2.75, 3.05) is 19.7 Å². The maximum atomic E-state index is 12.7. The zero-order chi connectivity index (χ0) is 17.3. The van der Waals surface area contributed by atoms with Gasteiger partial charge in [-0.1, -0.05) is 18.2 Å². The number of nitrogens with one attached hydrogen (secondary N) is 1. The number of carbonyl (C=O) groups is 1. The van der Waals surface area contributed by atoms with Gasteiger partial charge in [-0.05, 0) is 48.7 Å². The number of nitrogens with zero attached hydrogens (tertiary/aromatic N) is 5. The van der Waals surface area contributed by atoms with Crippen LogP contribution in [0.25, 0.3) is 5.69 Å². The zero-order valence-corrected chi connectivity index (χ0v) is 14.3. The van der Waals surface area contributed by atoms with Crippen LogP contribution >= 0.6 is 0 Å². The highest BCUT2D eigenvalue weighted by atomic mass is 16.5. The van der Waals surface area contributed by atoms with Crippen molar-refractivity contribution in [2.45, 2.75) is 37.8 Å². The molecule has 4 rings (SSSR count). The summed E-state index contributed by atoms with van der Waals surface area (Å²) in [7, 11) is 0. The maximum Gasteiger partial charge on any atom is 0.318 e. The molecule has 1 saturated carbocycles. The van der Waals surface area contributed by atoms with Gasteiger partial charge in [-0.25, -0.2) is 4.79 Å².